The van der Waals surface area contributed by atoms with Crippen molar-refractivity contribution in [1.29, 1.82) is 0 Å². The third-order valence-electron chi connectivity index (χ3n) is 3.99. The molecule has 0 spiro atoms. The number of aromatic nitrogens is 2. The first-order chi connectivity index (χ1) is 11.9. The van der Waals surface area contributed by atoms with Gasteiger partial charge in [0.15, 0.2) is 5.82 Å². The molecule has 0 fully saturated rings. The van der Waals surface area contributed by atoms with Crippen LogP contribution in [0.15, 0.2) is 77.4 Å². The Balaban J connectivity index is 1.66. The normalized spacial score (nSPS) is 10.8. The molecule has 2 aromatic carbocycles. The molecule has 0 bridgehead atoms. The molecule has 0 saturated carbocycles. The molecule has 0 aliphatic heterocycles. The Bertz CT molecular complexity index is 934. The number of hydrogen-bond donors (Lipinski definition) is 1. The lowest BCUT2D eigenvalue weighted by molar-refractivity contribution is 0.518. The van der Waals surface area contributed by atoms with Crippen molar-refractivity contribution < 1.29 is 4.42 Å². The lowest BCUT2D eigenvalue weighted by atomic mass is 10.0. The fourth-order valence-electron chi connectivity index (χ4n) is 2.79. The van der Waals surface area contributed by atoms with Crippen LogP contribution in [0.1, 0.15) is 17.0 Å². The van der Waals surface area contributed by atoms with Crippen LogP contribution in [0.4, 0.5) is 5.82 Å². The lowest BCUT2D eigenvalue weighted by Gasteiger charge is -2.10. The fraction of sp³-hybridized carbons (Fsp3) is 0.100. The summed E-state index contributed by atoms with van der Waals surface area (Å²) >= 11 is 0. The van der Waals surface area contributed by atoms with Gasteiger partial charge in [-0.3, -0.25) is 0 Å². The molecule has 0 unspecified atom stereocenters. The van der Waals surface area contributed by atoms with Gasteiger partial charge in [-0.1, -0.05) is 54.6 Å². The summed E-state index contributed by atoms with van der Waals surface area (Å²) in [6.07, 6.45) is 2.44. The average Bonchev–Trinajstić information content (AvgIpc) is 3.15. The molecule has 118 valence electrons. The third-order valence-corrected chi connectivity index (χ3v) is 3.99. The van der Waals surface area contributed by atoms with Gasteiger partial charge in [0.05, 0.1) is 18.5 Å². The van der Waals surface area contributed by atoms with Gasteiger partial charge in [0.25, 0.3) is 0 Å². The largest absolute Gasteiger partial charge is 0.467 e. The first-order valence-electron chi connectivity index (χ1n) is 7.94. The highest BCUT2D eigenvalue weighted by atomic mass is 16.3. The number of hydrogen-bond acceptors (Lipinski definition) is 4. The van der Waals surface area contributed by atoms with Crippen LogP contribution >= 0.6 is 0 Å². The summed E-state index contributed by atoms with van der Waals surface area (Å²) in [7, 11) is 0. The summed E-state index contributed by atoms with van der Waals surface area (Å²) in [5.74, 6) is 1.65. The van der Waals surface area contributed by atoms with E-state index >= 15 is 0 Å². The summed E-state index contributed by atoms with van der Waals surface area (Å²) in [4.78, 5) is 0. The van der Waals surface area contributed by atoms with E-state index in [4.69, 9.17) is 4.42 Å². The van der Waals surface area contributed by atoms with E-state index in [1.54, 1.807) is 6.26 Å². The monoisotopic (exact) mass is 315 g/mol. The zero-order valence-electron chi connectivity index (χ0n) is 13.1. The summed E-state index contributed by atoms with van der Waals surface area (Å²) in [6, 6.07) is 22.4. The van der Waals surface area contributed by atoms with Crippen LogP contribution in [0.2, 0.25) is 0 Å². The maximum atomic E-state index is 5.36. The van der Waals surface area contributed by atoms with Crippen molar-refractivity contribution in [2.75, 3.05) is 5.32 Å². The minimum atomic E-state index is 0.587. The first kappa shape index (κ1) is 14.5. The highest BCUT2D eigenvalue weighted by Gasteiger charge is 2.10. The number of rotatable bonds is 5. The highest BCUT2D eigenvalue weighted by molar-refractivity contribution is 5.93. The summed E-state index contributed by atoms with van der Waals surface area (Å²) < 4.78 is 5.36. The van der Waals surface area contributed by atoms with Gasteiger partial charge in [0.1, 0.15) is 5.76 Å². The molecule has 4 heteroatoms. The van der Waals surface area contributed by atoms with Crippen molar-refractivity contribution in [3.05, 3.63) is 90.0 Å². The molecule has 4 nitrogen and oxygen atoms in total. The molecular weight excluding hydrogens is 298 g/mol. The molecule has 0 saturated heterocycles. The van der Waals surface area contributed by atoms with Crippen LogP contribution in [0.25, 0.3) is 10.8 Å². The van der Waals surface area contributed by atoms with Crippen LogP contribution in [0.5, 0.6) is 0 Å². The van der Waals surface area contributed by atoms with Crippen molar-refractivity contribution in [3.63, 3.8) is 0 Å². The average molecular weight is 315 g/mol. The van der Waals surface area contributed by atoms with Gasteiger partial charge in [-0.2, -0.15) is 5.10 Å². The quantitative estimate of drug-likeness (QED) is 0.592. The van der Waals surface area contributed by atoms with E-state index in [2.05, 4.69) is 39.8 Å². The fourth-order valence-corrected chi connectivity index (χ4v) is 2.79. The Hall–Kier alpha value is -3.14. The molecule has 4 rings (SSSR count). The number of nitrogens with one attached hydrogen (secondary N) is 1. The molecule has 2 heterocycles. The second-order valence-electron chi connectivity index (χ2n) is 5.64. The highest BCUT2D eigenvalue weighted by Crippen LogP contribution is 2.24. The molecule has 0 radical (unpaired) electrons. The van der Waals surface area contributed by atoms with Crippen molar-refractivity contribution in [3.8, 4) is 0 Å². The van der Waals surface area contributed by atoms with Gasteiger partial charge < -0.3 is 9.73 Å². The molecule has 1 N–H and O–H groups in total. The van der Waals surface area contributed by atoms with Crippen LogP contribution in [-0.4, -0.2) is 10.2 Å². The zero-order valence-corrected chi connectivity index (χ0v) is 13.1. The minimum absolute atomic E-state index is 0.587. The van der Waals surface area contributed by atoms with Crippen LogP contribution in [0, 0.1) is 0 Å². The topological polar surface area (TPSA) is 51.0 Å². The maximum absolute atomic E-state index is 5.36. The van der Waals surface area contributed by atoms with Crippen molar-refractivity contribution >= 4 is 16.6 Å². The minimum Gasteiger partial charge on any atom is -0.467 e. The first-order valence-corrected chi connectivity index (χ1v) is 7.94. The van der Waals surface area contributed by atoms with Crippen LogP contribution in [0.3, 0.4) is 0 Å². The number of nitrogens with zero attached hydrogens (tertiary/aromatic N) is 2. The van der Waals surface area contributed by atoms with E-state index in [1.807, 2.05) is 42.5 Å². The summed E-state index contributed by atoms with van der Waals surface area (Å²) in [5.41, 5.74) is 2.22. The zero-order chi connectivity index (χ0) is 16.2. The van der Waals surface area contributed by atoms with E-state index in [0.29, 0.717) is 6.54 Å². The number of benzene rings is 2. The predicted octanol–water partition coefficient (Wildman–Crippen LogP) is 4.43. The molecule has 0 amide bonds. The summed E-state index contributed by atoms with van der Waals surface area (Å²) in [5, 5.41) is 14.4. The SMILES string of the molecule is c1ccc(Cc2nnc(NCc3ccco3)c3ccccc23)cc1. The molecule has 0 aliphatic rings. The van der Waals surface area contributed by atoms with Gasteiger partial charge in [0.2, 0.25) is 0 Å². The maximum Gasteiger partial charge on any atom is 0.156 e. The Kier molecular flexibility index (Phi) is 3.94. The van der Waals surface area contributed by atoms with E-state index in [9.17, 15) is 0 Å². The Morgan fingerprint density at radius 3 is 2.38 bits per heavy atom. The standard InChI is InChI=1S/C20H17N3O/c1-2-7-15(8-3-1)13-19-17-10-4-5-11-18(17)20(23-22-19)21-14-16-9-6-12-24-16/h1-12H,13-14H2,(H,21,23). The summed E-state index contributed by atoms with van der Waals surface area (Å²) in [6.45, 7) is 0.587. The lowest BCUT2D eigenvalue weighted by Crippen LogP contribution is -2.05. The van der Waals surface area contributed by atoms with E-state index in [-0.39, 0.29) is 0 Å². The van der Waals surface area contributed by atoms with Gasteiger partial charge in [-0.25, -0.2) is 0 Å². The third kappa shape index (κ3) is 2.99. The smallest absolute Gasteiger partial charge is 0.156 e. The van der Waals surface area contributed by atoms with E-state index < -0.39 is 0 Å². The molecule has 0 atom stereocenters. The van der Waals surface area contributed by atoms with E-state index in [1.165, 1.54) is 5.56 Å². The Morgan fingerprint density at radius 2 is 1.58 bits per heavy atom. The Labute approximate surface area is 140 Å². The van der Waals surface area contributed by atoms with Crippen molar-refractivity contribution in [2.45, 2.75) is 13.0 Å². The molecular formula is C20H17N3O. The van der Waals surface area contributed by atoms with Gasteiger partial charge in [0, 0.05) is 17.2 Å². The van der Waals surface area contributed by atoms with Crippen LogP contribution in [-0.2, 0) is 13.0 Å². The number of fused-ring (bicyclic) bond motifs is 1. The Morgan fingerprint density at radius 1 is 0.792 bits per heavy atom. The second-order valence-corrected chi connectivity index (χ2v) is 5.64. The van der Waals surface area contributed by atoms with Gasteiger partial charge in [-0.05, 0) is 17.7 Å². The van der Waals surface area contributed by atoms with E-state index in [0.717, 1.165) is 34.5 Å². The second kappa shape index (κ2) is 6.54. The van der Waals surface area contributed by atoms with Crippen molar-refractivity contribution in [1.82, 2.24) is 10.2 Å². The molecule has 2 aromatic heterocycles. The van der Waals surface area contributed by atoms with Crippen molar-refractivity contribution in [2.24, 2.45) is 0 Å². The molecule has 4 aromatic rings. The molecule has 0 aliphatic carbocycles. The van der Waals surface area contributed by atoms with Gasteiger partial charge in [-0.15, -0.1) is 5.10 Å². The number of furan rings is 1. The predicted molar refractivity (Wildman–Crippen MR) is 94.8 cm³/mol. The molecule has 24 heavy (non-hydrogen) atoms. The van der Waals surface area contributed by atoms with Gasteiger partial charge >= 0.3 is 0 Å². The number of anilines is 1. The van der Waals surface area contributed by atoms with Crippen LogP contribution < -0.4 is 5.32 Å².